The molecule has 2 aromatic rings. The number of nitrogens with two attached hydrogens (primary N) is 1. The summed E-state index contributed by atoms with van der Waals surface area (Å²) in [5.74, 6) is 0.833. The second-order valence-electron chi connectivity index (χ2n) is 3.36. The number of benzene rings is 1. The standard InChI is InChI=1S/C12H10BrFN2O/c13-10-5-9(14)1-2-12(10)17-11-3-4-16-7-8(11)6-15/h1-5,7H,6,15H2. The van der Waals surface area contributed by atoms with Crippen LogP contribution in [0, 0.1) is 5.82 Å². The highest BCUT2D eigenvalue weighted by atomic mass is 79.9. The van der Waals surface area contributed by atoms with Crippen LogP contribution in [0.3, 0.4) is 0 Å². The quantitative estimate of drug-likeness (QED) is 0.946. The molecule has 0 aliphatic heterocycles. The van der Waals surface area contributed by atoms with Crippen molar-refractivity contribution in [1.29, 1.82) is 0 Å². The van der Waals surface area contributed by atoms with Crippen molar-refractivity contribution in [2.24, 2.45) is 5.73 Å². The smallest absolute Gasteiger partial charge is 0.141 e. The summed E-state index contributed by atoms with van der Waals surface area (Å²) in [6.07, 6.45) is 3.26. The molecule has 1 aromatic heterocycles. The van der Waals surface area contributed by atoms with Crippen molar-refractivity contribution in [3.05, 3.63) is 52.5 Å². The van der Waals surface area contributed by atoms with Crippen LogP contribution in [0.4, 0.5) is 4.39 Å². The van der Waals surface area contributed by atoms with Gasteiger partial charge in [-0.1, -0.05) is 0 Å². The summed E-state index contributed by atoms with van der Waals surface area (Å²) in [4.78, 5) is 3.96. The lowest BCUT2D eigenvalue weighted by Crippen LogP contribution is -2.00. The van der Waals surface area contributed by atoms with Gasteiger partial charge in [-0.15, -0.1) is 0 Å². The summed E-state index contributed by atoms with van der Waals surface area (Å²) in [5.41, 5.74) is 6.37. The number of halogens is 2. The van der Waals surface area contributed by atoms with E-state index >= 15 is 0 Å². The lowest BCUT2D eigenvalue weighted by Gasteiger charge is -2.10. The van der Waals surface area contributed by atoms with Crippen LogP contribution in [0.25, 0.3) is 0 Å². The Kier molecular flexibility index (Phi) is 3.71. The van der Waals surface area contributed by atoms with Crippen LogP contribution in [0.1, 0.15) is 5.56 Å². The third-order valence-electron chi connectivity index (χ3n) is 2.19. The van der Waals surface area contributed by atoms with E-state index in [-0.39, 0.29) is 5.82 Å². The van der Waals surface area contributed by atoms with Crippen molar-refractivity contribution in [3.63, 3.8) is 0 Å². The molecular weight excluding hydrogens is 287 g/mol. The highest BCUT2D eigenvalue weighted by Gasteiger charge is 2.07. The van der Waals surface area contributed by atoms with Gasteiger partial charge in [0.1, 0.15) is 17.3 Å². The first-order chi connectivity index (χ1) is 8.20. The van der Waals surface area contributed by atoms with Gasteiger partial charge >= 0.3 is 0 Å². The molecule has 0 amide bonds. The fraction of sp³-hybridized carbons (Fsp3) is 0.0833. The molecule has 0 unspecified atom stereocenters. The molecule has 0 saturated heterocycles. The van der Waals surface area contributed by atoms with Gasteiger partial charge in [-0.25, -0.2) is 4.39 Å². The Labute approximate surface area is 107 Å². The molecule has 0 radical (unpaired) electrons. The zero-order chi connectivity index (χ0) is 12.3. The number of pyridine rings is 1. The maximum absolute atomic E-state index is 12.9. The minimum Gasteiger partial charge on any atom is -0.456 e. The lowest BCUT2D eigenvalue weighted by atomic mass is 10.2. The minimum absolute atomic E-state index is 0.321. The Bertz CT molecular complexity index is 534. The number of hydrogen-bond acceptors (Lipinski definition) is 3. The van der Waals surface area contributed by atoms with Gasteiger partial charge in [0.05, 0.1) is 4.47 Å². The van der Waals surface area contributed by atoms with Crippen LogP contribution in [0.2, 0.25) is 0 Å². The minimum atomic E-state index is -0.321. The molecule has 2 N–H and O–H groups in total. The Morgan fingerprint density at radius 3 is 2.82 bits per heavy atom. The molecule has 0 spiro atoms. The van der Waals surface area contributed by atoms with Crippen LogP contribution in [-0.2, 0) is 6.54 Å². The fourth-order valence-electron chi connectivity index (χ4n) is 1.34. The van der Waals surface area contributed by atoms with Crippen LogP contribution >= 0.6 is 15.9 Å². The van der Waals surface area contributed by atoms with Gasteiger partial charge in [-0.2, -0.15) is 0 Å². The van der Waals surface area contributed by atoms with E-state index in [4.69, 9.17) is 10.5 Å². The summed E-state index contributed by atoms with van der Waals surface area (Å²) in [7, 11) is 0. The maximum Gasteiger partial charge on any atom is 0.141 e. The molecule has 1 heterocycles. The summed E-state index contributed by atoms with van der Waals surface area (Å²) in [6.45, 7) is 0.335. The predicted octanol–water partition coefficient (Wildman–Crippen LogP) is 3.23. The summed E-state index contributed by atoms with van der Waals surface area (Å²) in [6, 6.07) is 5.96. The fourth-order valence-corrected chi connectivity index (χ4v) is 1.78. The first kappa shape index (κ1) is 12.0. The number of ether oxygens (including phenoxy) is 1. The van der Waals surface area contributed by atoms with Crippen LogP contribution in [0.15, 0.2) is 41.1 Å². The first-order valence-electron chi connectivity index (χ1n) is 4.96. The number of hydrogen-bond donors (Lipinski definition) is 1. The second-order valence-corrected chi connectivity index (χ2v) is 4.22. The molecular formula is C12H10BrFN2O. The summed E-state index contributed by atoms with van der Waals surface area (Å²) in [5, 5.41) is 0. The highest BCUT2D eigenvalue weighted by molar-refractivity contribution is 9.10. The summed E-state index contributed by atoms with van der Waals surface area (Å²) < 4.78 is 19.1. The average Bonchev–Trinajstić information content (AvgIpc) is 2.33. The monoisotopic (exact) mass is 296 g/mol. The third kappa shape index (κ3) is 2.81. The normalized spacial score (nSPS) is 10.3. The van der Waals surface area contributed by atoms with Crippen molar-refractivity contribution in [2.75, 3.05) is 0 Å². The first-order valence-corrected chi connectivity index (χ1v) is 5.76. The highest BCUT2D eigenvalue weighted by Crippen LogP contribution is 2.31. The van der Waals surface area contributed by atoms with Crippen molar-refractivity contribution in [1.82, 2.24) is 4.98 Å². The zero-order valence-corrected chi connectivity index (χ0v) is 10.4. The number of aromatic nitrogens is 1. The zero-order valence-electron chi connectivity index (χ0n) is 8.86. The van der Waals surface area contributed by atoms with Crippen molar-refractivity contribution >= 4 is 15.9 Å². The molecule has 2 rings (SSSR count). The van der Waals surface area contributed by atoms with E-state index < -0.39 is 0 Å². The van der Waals surface area contributed by atoms with E-state index in [9.17, 15) is 4.39 Å². The predicted molar refractivity (Wildman–Crippen MR) is 66.3 cm³/mol. The summed E-state index contributed by atoms with van der Waals surface area (Å²) >= 11 is 3.24. The van der Waals surface area contributed by atoms with Gasteiger partial charge in [0.2, 0.25) is 0 Å². The van der Waals surface area contributed by atoms with Crippen LogP contribution < -0.4 is 10.5 Å². The molecule has 0 atom stereocenters. The lowest BCUT2D eigenvalue weighted by molar-refractivity contribution is 0.470. The van der Waals surface area contributed by atoms with Crippen molar-refractivity contribution < 1.29 is 9.13 Å². The molecule has 17 heavy (non-hydrogen) atoms. The van der Waals surface area contributed by atoms with E-state index in [1.165, 1.54) is 12.1 Å². The van der Waals surface area contributed by atoms with E-state index in [2.05, 4.69) is 20.9 Å². The second kappa shape index (κ2) is 5.25. The van der Waals surface area contributed by atoms with E-state index in [1.54, 1.807) is 24.5 Å². The number of rotatable bonds is 3. The van der Waals surface area contributed by atoms with Gasteiger partial charge in [0, 0.05) is 24.5 Å². The van der Waals surface area contributed by atoms with Crippen LogP contribution in [-0.4, -0.2) is 4.98 Å². The molecule has 0 bridgehead atoms. The average molecular weight is 297 g/mol. The number of nitrogens with zero attached hydrogens (tertiary/aromatic N) is 1. The topological polar surface area (TPSA) is 48.1 Å². The maximum atomic E-state index is 12.9. The van der Waals surface area contributed by atoms with E-state index in [0.717, 1.165) is 5.56 Å². The molecule has 0 fully saturated rings. The molecule has 88 valence electrons. The van der Waals surface area contributed by atoms with Gasteiger partial charge in [-0.3, -0.25) is 4.98 Å². The molecule has 5 heteroatoms. The van der Waals surface area contributed by atoms with E-state index in [1.807, 2.05) is 0 Å². The Morgan fingerprint density at radius 2 is 2.12 bits per heavy atom. The largest absolute Gasteiger partial charge is 0.456 e. The Morgan fingerprint density at radius 1 is 1.29 bits per heavy atom. The van der Waals surface area contributed by atoms with E-state index in [0.29, 0.717) is 22.5 Å². The van der Waals surface area contributed by atoms with Crippen LogP contribution in [0.5, 0.6) is 11.5 Å². The van der Waals surface area contributed by atoms with Gasteiger partial charge in [0.25, 0.3) is 0 Å². The van der Waals surface area contributed by atoms with Crippen molar-refractivity contribution in [3.8, 4) is 11.5 Å². The Balaban J connectivity index is 2.31. The molecule has 0 aliphatic carbocycles. The third-order valence-corrected chi connectivity index (χ3v) is 2.81. The molecule has 3 nitrogen and oxygen atoms in total. The molecule has 1 aromatic carbocycles. The SMILES string of the molecule is NCc1cnccc1Oc1ccc(F)cc1Br. The molecule has 0 saturated carbocycles. The van der Waals surface area contributed by atoms with Gasteiger partial charge < -0.3 is 10.5 Å². The molecule has 0 aliphatic rings. The Hall–Kier alpha value is -1.46. The van der Waals surface area contributed by atoms with Gasteiger partial charge in [-0.05, 0) is 40.2 Å². The van der Waals surface area contributed by atoms with Gasteiger partial charge in [0.15, 0.2) is 0 Å². The van der Waals surface area contributed by atoms with Crippen molar-refractivity contribution in [2.45, 2.75) is 6.54 Å².